The number of hydrogen-bond donors (Lipinski definition) is 1. The summed E-state index contributed by atoms with van der Waals surface area (Å²) >= 11 is 0. The number of benzene rings is 1. The molecule has 26 heavy (non-hydrogen) atoms. The second-order valence-electron chi connectivity index (χ2n) is 6.93. The molecular formula is C19H26N2O5. The number of piperidine rings is 1. The van der Waals surface area contributed by atoms with Crippen molar-refractivity contribution in [1.82, 2.24) is 9.80 Å². The maximum atomic E-state index is 12.9. The predicted molar refractivity (Wildman–Crippen MR) is 95.3 cm³/mol. The van der Waals surface area contributed by atoms with Crippen molar-refractivity contribution in [2.45, 2.75) is 12.8 Å². The molecule has 2 aliphatic rings. The molecule has 2 saturated heterocycles. The zero-order valence-corrected chi connectivity index (χ0v) is 15.1. The van der Waals surface area contributed by atoms with Crippen molar-refractivity contribution in [3.8, 4) is 5.75 Å². The summed E-state index contributed by atoms with van der Waals surface area (Å²) in [5.41, 5.74) is 0.496. The minimum Gasteiger partial charge on any atom is -0.508 e. The van der Waals surface area contributed by atoms with Crippen LogP contribution in [0.1, 0.15) is 33.6 Å². The number of morpholine rings is 1. The van der Waals surface area contributed by atoms with Crippen LogP contribution in [0.2, 0.25) is 0 Å². The number of carbonyl (C=O) groups excluding carboxylic acids is 2. The highest BCUT2D eigenvalue weighted by atomic mass is 16.5. The number of hydrogen-bond acceptors (Lipinski definition) is 6. The highest BCUT2D eigenvalue weighted by Gasteiger charge is 2.27. The quantitative estimate of drug-likeness (QED) is 0.815. The Morgan fingerprint density at radius 2 is 1.92 bits per heavy atom. The van der Waals surface area contributed by atoms with E-state index in [-0.39, 0.29) is 17.2 Å². The molecule has 0 aliphatic carbocycles. The van der Waals surface area contributed by atoms with Crippen LogP contribution in [0, 0.1) is 5.92 Å². The zero-order chi connectivity index (χ0) is 18.5. The van der Waals surface area contributed by atoms with Crippen molar-refractivity contribution in [2.75, 3.05) is 53.0 Å². The topological polar surface area (TPSA) is 79.3 Å². The van der Waals surface area contributed by atoms with E-state index in [9.17, 15) is 14.7 Å². The van der Waals surface area contributed by atoms with Crippen molar-refractivity contribution in [3.05, 3.63) is 29.3 Å². The lowest BCUT2D eigenvalue weighted by Crippen LogP contribution is -2.46. The number of nitrogens with zero attached hydrogens (tertiary/aromatic N) is 2. The standard InChI is InChI=1S/C19H26N2O5/c1-25-19(24)16-9-15(10-17(22)11-16)18(23)21-4-2-3-14(13-21)12-20-5-7-26-8-6-20/h9-11,14,22H,2-8,12-13H2,1H3. The van der Waals surface area contributed by atoms with Gasteiger partial charge in [-0.15, -0.1) is 0 Å². The molecule has 2 heterocycles. The fourth-order valence-corrected chi connectivity index (χ4v) is 3.70. The number of esters is 1. The first-order valence-corrected chi connectivity index (χ1v) is 9.08. The lowest BCUT2D eigenvalue weighted by Gasteiger charge is -2.36. The van der Waals surface area contributed by atoms with Gasteiger partial charge in [-0.25, -0.2) is 4.79 Å². The number of carbonyl (C=O) groups is 2. The molecule has 7 heteroatoms. The zero-order valence-electron chi connectivity index (χ0n) is 15.1. The van der Waals surface area contributed by atoms with Crippen LogP contribution in [-0.2, 0) is 9.47 Å². The van der Waals surface area contributed by atoms with E-state index in [4.69, 9.17) is 4.74 Å². The van der Waals surface area contributed by atoms with Crippen molar-refractivity contribution in [2.24, 2.45) is 5.92 Å². The van der Waals surface area contributed by atoms with Crippen molar-refractivity contribution < 1.29 is 24.2 Å². The van der Waals surface area contributed by atoms with Gasteiger partial charge in [0.25, 0.3) is 5.91 Å². The Labute approximate surface area is 153 Å². The summed E-state index contributed by atoms with van der Waals surface area (Å²) in [6.07, 6.45) is 2.07. The minimum atomic E-state index is -0.571. The molecule has 0 bridgehead atoms. The highest BCUT2D eigenvalue weighted by molar-refractivity contribution is 5.98. The molecule has 3 rings (SSSR count). The number of phenols is 1. The summed E-state index contributed by atoms with van der Waals surface area (Å²) in [5.74, 6) is -0.405. The van der Waals surface area contributed by atoms with Gasteiger partial charge >= 0.3 is 5.97 Å². The van der Waals surface area contributed by atoms with Crippen LogP contribution < -0.4 is 0 Å². The molecule has 7 nitrogen and oxygen atoms in total. The van der Waals surface area contributed by atoms with E-state index in [1.807, 2.05) is 4.90 Å². The SMILES string of the molecule is COC(=O)c1cc(O)cc(C(=O)N2CCCC(CN3CCOCC3)C2)c1. The number of ether oxygens (including phenoxy) is 2. The third-order valence-corrected chi connectivity index (χ3v) is 5.01. The molecule has 0 aromatic heterocycles. The fraction of sp³-hybridized carbons (Fsp3) is 0.579. The number of rotatable bonds is 4. The van der Waals surface area contributed by atoms with Crippen LogP contribution in [-0.4, -0.2) is 79.8 Å². The normalized spacial score (nSPS) is 21.4. The summed E-state index contributed by atoms with van der Waals surface area (Å²) in [4.78, 5) is 28.8. The van der Waals surface area contributed by atoms with Gasteiger partial charge in [-0.3, -0.25) is 9.69 Å². The molecule has 1 amide bonds. The molecule has 142 valence electrons. The smallest absolute Gasteiger partial charge is 0.338 e. The van der Waals surface area contributed by atoms with E-state index in [1.165, 1.54) is 25.3 Å². The number of amides is 1. The first kappa shape index (κ1) is 18.7. The lowest BCUT2D eigenvalue weighted by atomic mass is 9.96. The van der Waals surface area contributed by atoms with Gasteiger partial charge in [0.1, 0.15) is 5.75 Å². The van der Waals surface area contributed by atoms with E-state index in [1.54, 1.807) is 0 Å². The Bertz CT molecular complexity index is 657. The van der Waals surface area contributed by atoms with E-state index in [0.29, 0.717) is 24.6 Å². The Morgan fingerprint density at radius 1 is 1.19 bits per heavy atom. The van der Waals surface area contributed by atoms with Crippen LogP contribution >= 0.6 is 0 Å². The molecule has 2 fully saturated rings. The fourth-order valence-electron chi connectivity index (χ4n) is 3.70. The summed E-state index contributed by atoms with van der Waals surface area (Å²) in [7, 11) is 1.27. The highest BCUT2D eigenvalue weighted by Crippen LogP contribution is 2.23. The maximum absolute atomic E-state index is 12.9. The van der Waals surface area contributed by atoms with Gasteiger partial charge < -0.3 is 19.5 Å². The van der Waals surface area contributed by atoms with Crippen molar-refractivity contribution >= 4 is 11.9 Å². The van der Waals surface area contributed by atoms with Gasteiger partial charge in [0.15, 0.2) is 0 Å². The number of phenolic OH excluding ortho intramolecular Hbond substituents is 1. The van der Waals surface area contributed by atoms with E-state index < -0.39 is 5.97 Å². The van der Waals surface area contributed by atoms with Crippen LogP contribution in [0.3, 0.4) is 0 Å². The van der Waals surface area contributed by atoms with Gasteiger partial charge in [0, 0.05) is 38.3 Å². The van der Waals surface area contributed by atoms with Crippen molar-refractivity contribution in [3.63, 3.8) is 0 Å². The maximum Gasteiger partial charge on any atom is 0.338 e. The number of likely N-dealkylation sites (tertiary alicyclic amines) is 1. The van der Waals surface area contributed by atoms with Gasteiger partial charge in [-0.05, 0) is 37.0 Å². The second-order valence-corrected chi connectivity index (χ2v) is 6.93. The van der Waals surface area contributed by atoms with E-state index in [2.05, 4.69) is 9.64 Å². The Kier molecular flexibility index (Phi) is 6.11. The van der Waals surface area contributed by atoms with Gasteiger partial charge in [0.05, 0.1) is 25.9 Å². The second kappa shape index (κ2) is 8.51. The molecule has 0 spiro atoms. The average molecular weight is 362 g/mol. The largest absolute Gasteiger partial charge is 0.508 e. The van der Waals surface area contributed by atoms with Crippen molar-refractivity contribution in [1.29, 1.82) is 0 Å². The summed E-state index contributed by atoms with van der Waals surface area (Å²) < 4.78 is 10.1. The molecule has 2 aliphatic heterocycles. The molecular weight excluding hydrogens is 336 g/mol. The first-order chi connectivity index (χ1) is 12.6. The first-order valence-electron chi connectivity index (χ1n) is 9.08. The molecule has 1 unspecified atom stereocenters. The van der Waals surface area contributed by atoms with Gasteiger partial charge in [-0.1, -0.05) is 0 Å². The van der Waals surface area contributed by atoms with Crippen LogP contribution in [0.25, 0.3) is 0 Å². The third-order valence-electron chi connectivity index (χ3n) is 5.01. The monoisotopic (exact) mass is 362 g/mol. The van der Waals surface area contributed by atoms with Gasteiger partial charge in [-0.2, -0.15) is 0 Å². The Hall–Kier alpha value is -2.12. The van der Waals surface area contributed by atoms with Crippen LogP contribution in [0.4, 0.5) is 0 Å². The molecule has 1 atom stereocenters. The summed E-state index contributed by atoms with van der Waals surface area (Å²) in [6.45, 7) is 5.80. The Morgan fingerprint density at radius 3 is 2.65 bits per heavy atom. The molecule has 1 aromatic rings. The summed E-state index contributed by atoms with van der Waals surface area (Å²) in [5, 5.41) is 9.86. The average Bonchev–Trinajstić information content (AvgIpc) is 2.67. The van der Waals surface area contributed by atoms with Crippen LogP contribution in [0.15, 0.2) is 18.2 Å². The predicted octanol–water partition coefficient (Wildman–Crippen LogP) is 1.36. The molecule has 0 radical (unpaired) electrons. The van der Waals surface area contributed by atoms with E-state index >= 15 is 0 Å². The number of aromatic hydroxyl groups is 1. The molecule has 1 N–H and O–H groups in total. The van der Waals surface area contributed by atoms with Gasteiger partial charge in [0.2, 0.25) is 0 Å². The lowest BCUT2D eigenvalue weighted by molar-refractivity contribution is 0.0224. The minimum absolute atomic E-state index is 0.113. The third kappa shape index (κ3) is 4.53. The van der Waals surface area contributed by atoms with E-state index in [0.717, 1.165) is 45.7 Å². The number of methoxy groups -OCH3 is 1. The summed E-state index contributed by atoms with van der Waals surface area (Å²) in [6, 6.07) is 4.19. The molecule has 1 aromatic carbocycles. The Balaban J connectivity index is 1.67. The van der Waals surface area contributed by atoms with Crippen LogP contribution in [0.5, 0.6) is 5.75 Å². The molecule has 0 saturated carbocycles.